The molecular weight excluding hydrogens is 404 g/mol. The van der Waals surface area contributed by atoms with E-state index in [1.807, 2.05) is 0 Å². The van der Waals surface area contributed by atoms with Crippen LogP contribution in [0.3, 0.4) is 0 Å². The predicted molar refractivity (Wildman–Crippen MR) is 114 cm³/mol. The Kier molecular flexibility index (Phi) is 7.70. The number of benzene rings is 1. The van der Waals surface area contributed by atoms with Crippen LogP contribution in [0.2, 0.25) is 0 Å². The Morgan fingerprint density at radius 2 is 2.00 bits per heavy atom. The molecule has 162 valence electrons. The molecule has 0 saturated heterocycles. The topological polar surface area (TPSA) is 97.6 Å². The van der Waals surface area contributed by atoms with Gasteiger partial charge in [-0.1, -0.05) is 11.6 Å². The summed E-state index contributed by atoms with van der Waals surface area (Å²) in [5.41, 5.74) is 1.38. The zero-order valence-electron chi connectivity index (χ0n) is 17.1. The van der Waals surface area contributed by atoms with Gasteiger partial charge in [0, 0.05) is 6.54 Å². The van der Waals surface area contributed by atoms with Crippen molar-refractivity contribution in [3.8, 4) is 5.75 Å². The van der Waals surface area contributed by atoms with E-state index in [-0.39, 0.29) is 17.2 Å². The third kappa shape index (κ3) is 6.21. The second-order valence-corrected chi connectivity index (χ2v) is 8.99. The molecule has 1 atom stereocenters. The van der Waals surface area contributed by atoms with Crippen molar-refractivity contribution in [3.63, 3.8) is 0 Å². The van der Waals surface area contributed by atoms with Crippen LogP contribution in [-0.4, -0.2) is 28.0 Å². The van der Waals surface area contributed by atoms with E-state index in [9.17, 15) is 13.2 Å². The molecule has 30 heavy (non-hydrogen) atoms. The average Bonchev–Trinajstić information content (AvgIpc) is 3.29. The van der Waals surface area contributed by atoms with E-state index in [0.717, 1.165) is 19.3 Å². The van der Waals surface area contributed by atoms with Crippen LogP contribution >= 0.6 is 0 Å². The lowest BCUT2D eigenvalue weighted by Crippen LogP contribution is -2.34. The number of carbonyl (C=O) groups is 1. The molecule has 1 aliphatic carbocycles. The van der Waals surface area contributed by atoms with E-state index in [1.165, 1.54) is 43.9 Å². The quantitative estimate of drug-likeness (QED) is 0.558. The first-order chi connectivity index (χ1) is 14.5. The summed E-state index contributed by atoms with van der Waals surface area (Å²) in [6.07, 6.45) is 9.12. The minimum absolute atomic E-state index is 0.0536. The van der Waals surface area contributed by atoms with Crippen molar-refractivity contribution in [2.24, 2.45) is 0 Å². The molecule has 0 radical (unpaired) electrons. The Bertz CT molecular complexity index is 950. The lowest BCUT2D eigenvalue weighted by molar-refractivity contribution is -0.121. The summed E-state index contributed by atoms with van der Waals surface area (Å²) in [5.74, 6) is 0.714. The van der Waals surface area contributed by atoms with Gasteiger partial charge >= 0.3 is 0 Å². The fraction of sp³-hybridized carbons (Fsp3) is 0.409. The number of hydrogen-bond acceptors (Lipinski definition) is 5. The third-order valence-corrected chi connectivity index (χ3v) is 6.58. The van der Waals surface area contributed by atoms with Crippen molar-refractivity contribution >= 4 is 15.9 Å². The van der Waals surface area contributed by atoms with E-state index in [4.69, 9.17) is 9.15 Å². The van der Waals surface area contributed by atoms with Gasteiger partial charge in [0.15, 0.2) is 0 Å². The van der Waals surface area contributed by atoms with Crippen molar-refractivity contribution in [1.29, 1.82) is 0 Å². The Labute approximate surface area is 177 Å². The first-order valence-corrected chi connectivity index (χ1v) is 11.6. The minimum atomic E-state index is -3.85. The van der Waals surface area contributed by atoms with E-state index in [1.54, 1.807) is 24.3 Å². The standard InChI is InChI=1S/C22H28N2O5S/c1-28-18-9-11-19(12-10-18)30(26,27)24-20(21-8-5-15-29-21)16-22(25)23-14-13-17-6-3-2-4-7-17/h5-6,8-12,15,20,24H,2-4,7,13-14,16H2,1H3,(H,23,25)/t20-/m1/s1. The smallest absolute Gasteiger partial charge is 0.241 e. The highest BCUT2D eigenvalue weighted by Crippen LogP contribution is 2.23. The molecule has 1 aromatic carbocycles. The largest absolute Gasteiger partial charge is 0.497 e. The first kappa shape index (κ1) is 22.1. The van der Waals surface area contributed by atoms with Gasteiger partial charge in [-0.05, 0) is 68.5 Å². The van der Waals surface area contributed by atoms with Crippen molar-refractivity contribution in [1.82, 2.24) is 10.0 Å². The molecule has 2 aromatic rings. The summed E-state index contributed by atoms with van der Waals surface area (Å²) >= 11 is 0. The van der Waals surface area contributed by atoms with Gasteiger partial charge in [-0.25, -0.2) is 8.42 Å². The molecule has 2 N–H and O–H groups in total. The number of ether oxygens (including phenoxy) is 1. The summed E-state index contributed by atoms with van der Waals surface area (Å²) in [6, 6.07) is 8.57. The molecule has 7 nitrogen and oxygen atoms in total. The predicted octanol–water partition coefficient (Wildman–Crippen LogP) is 3.70. The monoisotopic (exact) mass is 432 g/mol. The Balaban J connectivity index is 1.62. The summed E-state index contributed by atoms with van der Waals surface area (Å²) in [4.78, 5) is 12.6. The molecule has 1 aromatic heterocycles. The fourth-order valence-electron chi connectivity index (χ4n) is 3.45. The Morgan fingerprint density at radius 1 is 1.20 bits per heavy atom. The van der Waals surface area contributed by atoms with Crippen molar-refractivity contribution < 1.29 is 22.4 Å². The molecule has 0 aliphatic heterocycles. The molecule has 0 bridgehead atoms. The highest BCUT2D eigenvalue weighted by atomic mass is 32.2. The number of nitrogens with one attached hydrogen (secondary N) is 2. The second kappa shape index (κ2) is 10.4. The molecule has 0 unspecified atom stereocenters. The Morgan fingerprint density at radius 3 is 2.63 bits per heavy atom. The second-order valence-electron chi connectivity index (χ2n) is 7.28. The maximum atomic E-state index is 12.8. The highest BCUT2D eigenvalue weighted by molar-refractivity contribution is 7.89. The van der Waals surface area contributed by atoms with Gasteiger partial charge in [-0.3, -0.25) is 4.79 Å². The van der Waals surface area contributed by atoms with E-state index < -0.39 is 16.1 Å². The van der Waals surface area contributed by atoms with Gasteiger partial charge in [0.05, 0.1) is 30.7 Å². The van der Waals surface area contributed by atoms with Crippen LogP contribution in [0.4, 0.5) is 0 Å². The van der Waals surface area contributed by atoms with Crippen molar-refractivity contribution in [3.05, 3.63) is 60.1 Å². The summed E-state index contributed by atoms with van der Waals surface area (Å²) in [7, 11) is -2.34. The van der Waals surface area contributed by atoms with Crippen LogP contribution in [0.25, 0.3) is 0 Å². The van der Waals surface area contributed by atoms with Crippen LogP contribution in [0.15, 0.2) is 63.6 Å². The maximum absolute atomic E-state index is 12.8. The van der Waals surface area contributed by atoms with Gasteiger partial charge in [0.1, 0.15) is 11.5 Å². The normalized spacial score (nSPS) is 15.3. The van der Waals surface area contributed by atoms with E-state index in [0.29, 0.717) is 18.1 Å². The number of amides is 1. The van der Waals surface area contributed by atoms with Crippen LogP contribution in [0.5, 0.6) is 5.75 Å². The van der Waals surface area contributed by atoms with Gasteiger partial charge in [-0.2, -0.15) is 4.72 Å². The van der Waals surface area contributed by atoms with Gasteiger partial charge in [0.2, 0.25) is 15.9 Å². The van der Waals surface area contributed by atoms with E-state index in [2.05, 4.69) is 16.1 Å². The highest BCUT2D eigenvalue weighted by Gasteiger charge is 2.25. The van der Waals surface area contributed by atoms with Gasteiger partial charge in [0.25, 0.3) is 0 Å². The summed E-state index contributed by atoms with van der Waals surface area (Å²) in [6.45, 7) is 0.542. The third-order valence-electron chi connectivity index (χ3n) is 5.10. The molecule has 3 rings (SSSR count). The number of methoxy groups -OCH3 is 1. The number of carbonyl (C=O) groups excluding carboxylic acids is 1. The lowest BCUT2D eigenvalue weighted by atomic mass is 9.97. The van der Waals surface area contributed by atoms with Crippen LogP contribution in [0, 0.1) is 0 Å². The molecule has 0 fully saturated rings. The minimum Gasteiger partial charge on any atom is -0.497 e. The SMILES string of the molecule is COc1ccc(S(=O)(=O)N[C@H](CC(=O)NCCC2=CCCCC2)c2ccco2)cc1. The van der Waals surface area contributed by atoms with E-state index >= 15 is 0 Å². The van der Waals surface area contributed by atoms with Crippen molar-refractivity contribution in [2.45, 2.75) is 49.5 Å². The van der Waals surface area contributed by atoms with Crippen LogP contribution < -0.4 is 14.8 Å². The summed E-state index contributed by atoms with van der Waals surface area (Å²) in [5, 5.41) is 2.89. The summed E-state index contributed by atoms with van der Waals surface area (Å²) < 4.78 is 38.6. The molecule has 0 spiro atoms. The fourth-order valence-corrected chi connectivity index (χ4v) is 4.66. The number of hydrogen-bond donors (Lipinski definition) is 2. The van der Waals surface area contributed by atoms with Crippen molar-refractivity contribution in [2.75, 3.05) is 13.7 Å². The number of allylic oxidation sites excluding steroid dienone is 1. The van der Waals surface area contributed by atoms with Gasteiger partial charge < -0.3 is 14.5 Å². The number of sulfonamides is 1. The molecule has 0 saturated carbocycles. The zero-order chi connectivity index (χ0) is 21.4. The molecule has 8 heteroatoms. The van der Waals surface area contributed by atoms with Gasteiger partial charge in [-0.15, -0.1) is 0 Å². The molecule has 1 heterocycles. The lowest BCUT2D eigenvalue weighted by Gasteiger charge is -2.17. The molecule has 1 aliphatic rings. The Hall–Kier alpha value is -2.58. The van der Waals surface area contributed by atoms with Crippen LogP contribution in [0.1, 0.15) is 50.3 Å². The maximum Gasteiger partial charge on any atom is 0.241 e. The number of furan rings is 1. The first-order valence-electron chi connectivity index (χ1n) is 10.1. The molecule has 1 amide bonds. The average molecular weight is 433 g/mol. The zero-order valence-corrected chi connectivity index (χ0v) is 17.9. The van der Waals surface area contributed by atoms with Crippen LogP contribution in [-0.2, 0) is 14.8 Å². The molecular formula is C22H28N2O5S. The number of rotatable bonds is 10.